The number of pyridine rings is 1. The van der Waals surface area contributed by atoms with E-state index < -0.39 is 4.92 Å². The maximum atomic E-state index is 10.3. The number of hydrogen-bond donors (Lipinski definition) is 0. The lowest BCUT2D eigenvalue weighted by Gasteiger charge is -2.03. The zero-order valence-corrected chi connectivity index (χ0v) is 7.90. The molecule has 6 heteroatoms. The summed E-state index contributed by atoms with van der Waals surface area (Å²) in [5.41, 5.74) is 0. The Bertz CT molecular complexity index is 379. The highest BCUT2D eigenvalue weighted by Gasteiger charge is 2.25. The largest absolute Gasteiger partial charge is 0.485 e. The van der Waals surface area contributed by atoms with Crippen LogP contribution < -0.4 is 4.74 Å². The van der Waals surface area contributed by atoms with E-state index in [4.69, 9.17) is 16.3 Å². The van der Waals surface area contributed by atoms with Crippen LogP contribution in [-0.4, -0.2) is 16.0 Å². The summed E-state index contributed by atoms with van der Waals surface area (Å²) in [6, 6.07) is 1.19. The third kappa shape index (κ3) is 1.93. The van der Waals surface area contributed by atoms with Gasteiger partial charge >= 0.3 is 5.82 Å². The van der Waals surface area contributed by atoms with Crippen LogP contribution in [-0.2, 0) is 0 Å². The summed E-state index contributed by atoms with van der Waals surface area (Å²) in [4.78, 5) is 13.4. The van der Waals surface area contributed by atoms with Crippen molar-refractivity contribution < 1.29 is 9.66 Å². The van der Waals surface area contributed by atoms with E-state index in [1.54, 1.807) is 0 Å². The van der Waals surface area contributed by atoms with Gasteiger partial charge in [-0.1, -0.05) is 11.6 Å². The van der Waals surface area contributed by atoms with Gasteiger partial charge in [-0.15, -0.1) is 0 Å². The first-order valence-electron chi connectivity index (χ1n) is 4.13. The molecule has 1 aromatic rings. The first-order valence-corrected chi connectivity index (χ1v) is 4.51. The van der Waals surface area contributed by atoms with Gasteiger partial charge < -0.3 is 14.9 Å². The Hall–Kier alpha value is -1.36. The number of rotatable bonds is 3. The molecule has 0 atom stereocenters. The van der Waals surface area contributed by atoms with Gasteiger partial charge in [0.05, 0.1) is 17.2 Å². The first-order chi connectivity index (χ1) is 6.66. The predicted octanol–water partition coefficient (Wildman–Crippen LogP) is 2.18. The molecule has 0 spiro atoms. The fourth-order valence-electron chi connectivity index (χ4n) is 0.960. The van der Waals surface area contributed by atoms with Gasteiger partial charge in [-0.25, -0.2) is 0 Å². The molecule has 0 saturated heterocycles. The molecule has 2 rings (SSSR count). The van der Waals surface area contributed by atoms with Crippen LogP contribution >= 0.6 is 11.6 Å². The number of nitro groups is 1. The summed E-state index contributed by atoms with van der Waals surface area (Å²) in [5.74, 6) is 0.151. The molecule has 0 unspecified atom stereocenters. The van der Waals surface area contributed by atoms with Gasteiger partial charge in [-0.05, 0) is 22.7 Å². The Balaban J connectivity index is 2.21. The monoisotopic (exact) mass is 214 g/mol. The van der Waals surface area contributed by atoms with E-state index in [1.165, 1.54) is 12.3 Å². The lowest BCUT2D eigenvalue weighted by molar-refractivity contribution is -0.389. The topological polar surface area (TPSA) is 65.3 Å². The van der Waals surface area contributed by atoms with Crippen LogP contribution in [0.4, 0.5) is 5.82 Å². The van der Waals surface area contributed by atoms with E-state index in [9.17, 15) is 10.1 Å². The zero-order valence-electron chi connectivity index (χ0n) is 7.14. The molecule has 1 aliphatic rings. The molecule has 0 aromatic carbocycles. The SMILES string of the molecule is O=[N+]([O-])c1cc(Cl)c(OC2CC2)cn1. The fourth-order valence-corrected chi connectivity index (χ4v) is 1.15. The van der Waals surface area contributed by atoms with E-state index in [0.29, 0.717) is 5.75 Å². The van der Waals surface area contributed by atoms with Crippen LogP contribution in [0.2, 0.25) is 5.02 Å². The third-order valence-corrected chi connectivity index (χ3v) is 2.11. The number of aromatic nitrogens is 1. The van der Waals surface area contributed by atoms with E-state index in [-0.39, 0.29) is 16.9 Å². The van der Waals surface area contributed by atoms with Crippen LogP contribution in [0, 0.1) is 10.1 Å². The molecule has 14 heavy (non-hydrogen) atoms. The molecule has 1 aliphatic carbocycles. The molecule has 0 amide bonds. The summed E-state index contributed by atoms with van der Waals surface area (Å²) >= 11 is 5.78. The molecule has 1 heterocycles. The smallest absolute Gasteiger partial charge is 0.365 e. The molecule has 74 valence electrons. The lowest BCUT2D eigenvalue weighted by atomic mass is 10.4. The van der Waals surface area contributed by atoms with E-state index in [1.807, 2.05) is 0 Å². The minimum Gasteiger partial charge on any atom is -0.485 e. The van der Waals surface area contributed by atoms with Crippen molar-refractivity contribution in [3.05, 3.63) is 27.4 Å². The number of hydrogen-bond acceptors (Lipinski definition) is 4. The van der Waals surface area contributed by atoms with Crippen molar-refractivity contribution in [2.45, 2.75) is 18.9 Å². The minimum absolute atomic E-state index is 0.204. The van der Waals surface area contributed by atoms with Crippen molar-refractivity contribution in [2.75, 3.05) is 0 Å². The Labute approximate surface area is 84.8 Å². The fraction of sp³-hybridized carbons (Fsp3) is 0.375. The predicted molar refractivity (Wildman–Crippen MR) is 49.6 cm³/mol. The van der Waals surface area contributed by atoms with Gasteiger partial charge in [0.25, 0.3) is 0 Å². The molecule has 0 radical (unpaired) electrons. The molecule has 0 bridgehead atoms. The average Bonchev–Trinajstić information content (AvgIpc) is 2.92. The Morgan fingerprint density at radius 3 is 2.86 bits per heavy atom. The minimum atomic E-state index is -0.590. The van der Waals surface area contributed by atoms with Crippen molar-refractivity contribution in [3.63, 3.8) is 0 Å². The molecule has 0 N–H and O–H groups in total. The van der Waals surface area contributed by atoms with Crippen LogP contribution in [0.3, 0.4) is 0 Å². The molecule has 1 aromatic heterocycles. The van der Waals surface area contributed by atoms with Gasteiger partial charge in [-0.3, -0.25) is 0 Å². The molecule has 1 fully saturated rings. The van der Waals surface area contributed by atoms with Crippen LogP contribution in [0.1, 0.15) is 12.8 Å². The van der Waals surface area contributed by atoms with Crippen molar-refractivity contribution in [3.8, 4) is 5.75 Å². The molecule has 1 saturated carbocycles. The molecule has 0 aliphatic heterocycles. The quantitative estimate of drug-likeness (QED) is 0.571. The van der Waals surface area contributed by atoms with E-state index in [2.05, 4.69) is 4.98 Å². The number of nitrogens with zero attached hydrogens (tertiary/aromatic N) is 2. The van der Waals surface area contributed by atoms with Gasteiger partial charge in [-0.2, -0.15) is 0 Å². The third-order valence-electron chi connectivity index (χ3n) is 1.81. The maximum Gasteiger partial charge on any atom is 0.365 e. The number of halogens is 1. The van der Waals surface area contributed by atoms with Gasteiger partial charge in [0.1, 0.15) is 0 Å². The van der Waals surface area contributed by atoms with E-state index in [0.717, 1.165) is 12.8 Å². The van der Waals surface area contributed by atoms with Gasteiger partial charge in [0.15, 0.2) is 11.9 Å². The summed E-state index contributed by atoms with van der Waals surface area (Å²) in [6.07, 6.45) is 3.51. The standard InChI is InChI=1S/C8H7ClN2O3/c9-6-3-8(11(12)13)10-4-7(6)14-5-1-2-5/h3-5H,1-2H2. The first kappa shape index (κ1) is 9.21. The Kier molecular flexibility index (Phi) is 2.25. The van der Waals surface area contributed by atoms with Crippen molar-refractivity contribution in [1.29, 1.82) is 0 Å². The van der Waals surface area contributed by atoms with E-state index >= 15 is 0 Å². The van der Waals surface area contributed by atoms with Gasteiger partial charge in [0, 0.05) is 0 Å². The van der Waals surface area contributed by atoms with Crippen LogP contribution in [0.25, 0.3) is 0 Å². The van der Waals surface area contributed by atoms with Crippen molar-refractivity contribution >= 4 is 17.4 Å². The summed E-state index contributed by atoms with van der Waals surface area (Å²) < 4.78 is 5.37. The second-order valence-corrected chi connectivity index (χ2v) is 3.45. The second-order valence-electron chi connectivity index (χ2n) is 3.05. The molecular formula is C8H7ClN2O3. The Morgan fingerprint density at radius 1 is 1.64 bits per heavy atom. The Morgan fingerprint density at radius 2 is 2.36 bits per heavy atom. The van der Waals surface area contributed by atoms with Crippen molar-refractivity contribution in [1.82, 2.24) is 4.98 Å². The average molecular weight is 215 g/mol. The van der Waals surface area contributed by atoms with Gasteiger partial charge in [0.2, 0.25) is 0 Å². The zero-order chi connectivity index (χ0) is 10.1. The number of ether oxygens (including phenoxy) is 1. The van der Waals surface area contributed by atoms with Crippen molar-refractivity contribution in [2.24, 2.45) is 0 Å². The highest BCUT2D eigenvalue weighted by atomic mass is 35.5. The summed E-state index contributed by atoms with van der Waals surface area (Å²) in [5, 5.41) is 10.6. The molecule has 5 nitrogen and oxygen atoms in total. The lowest BCUT2D eigenvalue weighted by Crippen LogP contribution is -1.98. The van der Waals surface area contributed by atoms with Crippen LogP contribution in [0.15, 0.2) is 12.3 Å². The second kappa shape index (κ2) is 3.42. The summed E-state index contributed by atoms with van der Waals surface area (Å²) in [6.45, 7) is 0. The normalized spacial score (nSPS) is 15.2. The summed E-state index contributed by atoms with van der Waals surface area (Å²) in [7, 11) is 0. The highest BCUT2D eigenvalue weighted by molar-refractivity contribution is 6.32. The molecular weight excluding hydrogens is 208 g/mol. The highest BCUT2D eigenvalue weighted by Crippen LogP contribution is 2.32. The maximum absolute atomic E-state index is 10.3. The van der Waals surface area contributed by atoms with Crippen LogP contribution in [0.5, 0.6) is 5.75 Å².